The van der Waals surface area contributed by atoms with E-state index in [4.69, 9.17) is 4.74 Å². The number of esters is 1. The highest BCUT2D eigenvalue weighted by atomic mass is 16.5. The number of Topliss-reactive ketones (excluding diaryl/α,β-unsaturated/α-hetero) is 3. The van der Waals surface area contributed by atoms with Crippen molar-refractivity contribution in [2.75, 3.05) is 7.11 Å². The van der Waals surface area contributed by atoms with Gasteiger partial charge in [0.2, 0.25) is 0 Å². The number of fused-ring (bicyclic) bond motifs is 6. The van der Waals surface area contributed by atoms with E-state index in [2.05, 4.69) is 27.7 Å². The molecule has 170 valence electrons. The topological polar surface area (TPSA) is 77.5 Å². The van der Waals surface area contributed by atoms with Crippen LogP contribution in [0.5, 0.6) is 0 Å². The molecule has 0 aliphatic heterocycles. The van der Waals surface area contributed by atoms with E-state index < -0.39 is 27.6 Å². The van der Waals surface area contributed by atoms with Gasteiger partial charge in [-0.3, -0.25) is 14.4 Å². The number of ether oxygens (including phenoxy) is 1. The number of allylic oxidation sites excluding steroid dienone is 1. The molecule has 6 atom stereocenters. The Balaban J connectivity index is 1.96. The molecule has 0 aromatic rings. The number of rotatable bonds is 1. The Kier molecular flexibility index (Phi) is 4.46. The summed E-state index contributed by atoms with van der Waals surface area (Å²) < 4.78 is 4.97. The lowest BCUT2D eigenvalue weighted by Gasteiger charge is -2.70. The summed E-state index contributed by atoms with van der Waals surface area (Å²) in [6.45, 7) is 14.0. The maximum absolute atomic E-state index is 14.0. The normalized spacial score (nSPS) is 46.4. The van der Waals surface area contributed by atoms with Gasteiger partial charge in [-0.25, -0.2) is 4.79 Å². The molecule has 0 unspecified atom stereocenters. The molecular formula is C26H36O5. The van der Waals surface area contributed by atoms with E-state index in [0.29, 0.717) is 30.6 Å². The van der Waals surface area contributed by atoms with Gasteiger partial charge in [-0.15, -0.1) is 0 Å². The third kappa shape index (κ3) is 2.28. The largest absolute Gasteiger partial charge is 0.465 e. The van der Waals surface area contributed by atoms with Crippen LogP contribution >= 0.6 is 0 Å². The fourth-order valence-electron chi connectivity index (χ4n) is 8.45. The molecule has 5 heteroatoms. The van der Waals surface area contributed by atoms with Gasteiger partial charge in [0, 0.05) is 17.3 Å². The van der Waals surface area contributed by atoms with E-state index in [-0.39, 0.29) is 34.4 Å². The van der Waals surface area contributed by atoms with Gasteiger partial charge in [-0.05, 0) is 74.7 Å². The molecule has 0 spiro atoms. The quantitative estimate of drug-likeness (QED) is 0.350. The lowest BCUT2D eigenvalue weighted by atomic mass is 9.32. The van der Waals surface area contributed by atoms with Gasteiger partial charge in [0.05, 0.1) is 12.5 Å². The van der Waals surface area contributed by atoms with Crippen molar-refractivity contribution in [3.63, 3.8) is 0 Å². The Labute approximate surface area is 185 Å². The maximum Gasteiger partial charge on any atom is 0.341 e. The number of hydrogen-bond donors (Lipinski definition) is 0. The zero-order valence-corrected chi connectivity index (χ0v) is 20.2. The summed E-state index contributed by atoms with van der Waals surface area (Å²) in [5, 5.41) is 0. The van der Waals surface area contributed by atoms with Crippen molar-refractivity contribution in [1.82, 2.24) is 0 Å². The van der Waals surface area contributed by atoms with Crippen LogP contribution in [0.3, 0.4) is 0 Å². The highest BCUT2D eigenvalue weighted by Crippen LogP contribution is 2.74. The molecule has 4 rings (SSSR count). The van der Waals surface area contributed by atoms with Crippen molar-refractivity contribution in [2.45, 2.75) is 80.6 Å². The van der Waals surface area contributed by atoms with Crippen LogP contribution in [0.2, 0.25) is 0 Å². The number of hydrogen-bond acceptors (Lipinski definition) is 5. The zero-order valence-electron chi connectivity index (χ0n) is 20.2. The minimum Gasteiger partial charge on any atom is -0.465 e. The predicted molar refractivity (Wildman–Crippen MR) is 116 cm³/mol. The van der Waals surface area contributed by atoms with Gasteiger partial charge >= 0.3 is 5.97 Å². The molecule has 4 aliphatic carbocycles. The van der Waals surface area contributed by atoms with E-state index in [1.807, 2.05) is 6.92 Å². The average Bonchev–Trinajstić information content (AvgIpc) is 2.70. The number of methoxy groups -OCH3 is 1. The third-order valence-electron chi connectivity index (χ3n) is 10.8. The smallest absolute Gasteiger partial charge is 0.341 e. The second kappa shape index (κ2) is 6.17. The van der Waals surface area contributed by atoms with Crippen molar-refractivity contribution < 1.29 is 23.9 Å². The Hall–Kier alpha value is -1.78. The Morgan fingerprint density at radius 1 is 0.968 bits per heavy atom. The first-order valence-corrected chi connectivity index (χ1v) is 11.6. The van der Waals surface area contributed by atoms with Crippen LogP contribution in [-0.4, -0.2) is 30.4 Å². The fraction of sp³-hybridized carbons (Fsp3) is 0.769. The fourth-order valence-corrected chi connectivity index (χ4v) is 8.45. The van der Waals surface area contributed by atoms with Gasteiger partial charge in [0.1, 0.15) is 11.4 Å². The molecule has 0 saturated heterocycles. The minimum atomic E-state index is -1.27. The highest BCUT2D eigenvalue weighted by molar-refractivity contribution is 6.30. The van der Waals surface area contributed by atoms with Gasteiger partial charge in [-0.1, -0.05) is 27.7 Å². The lowest BCUT2D eigenvalue weighted by molar-refractivity contribution is -0.207. The molecule has 0 heterocycles. The molecule has 0 aromatic carbocycles. The minimum absolute atomic E-state index is 0.0536. The summed E-state index contributed by atoms with van der Waals surface area (Å²) in [4.78, 5) is 53.3. The lowest BCUT2D eigenvalue weighted by Crippen LogP contribution is -2.71. The summed E-state index contributed by atoms with van der Waals surface area (Å²) >= 11 is 0. The second-order valence-corrected chi connectivity index (χ2v) is 12.0. The Bertz CT molecular complexity index is 957. The molecule has 31 heavy (non-hydrogen) atoms. The van der Waals surface area contributed by atoms with Crippen LogP contribution in [0.25, 0.3) is 0 Å². The van der Waals surface area contributed by atoms with Crippen LogP contribution in [0.1, 0.15) is 80.6 Å². The molecule has 0 radical (unpaired) electrons. The van der Waals surface area contributed by atoms with Crippen LogP contribution in [0.4, 0.5) is 0 Å². The summed E-state index contributed by atoms with van der Waals surface area (Å²) in [7, 11) is 1.28. The van der Waals surface area contributed by atoms with E-state index in [0.717, 1.165) is 12.8 Å². The van der Waals surface area contributed by atoms with Gasteiger partial charge < -0.3 is 4.74 Å². The predicted octanol–water partition coefficient (Wildman–Crippen LogP) is 4.47. The molecule has 0 aromatic heterocycles. The molecule has 3 saturated carbocycles. The molecule has 0 amide bonds. The SMILES string of the molecule is COC(=O)C1=C(C)[C@@]2(C)C[C@H]3[C@@]4(C)CCC(=O)C(C)(C)[C@@H]4CC[C@]3(C)[C@@](C)(C1=O)C2=O. The van der Waals surface area contributed by atoms with Crippen LogP contribution < -0.4 is 0 Å². The van der Waals surface area contributed by atoms with Crippen LogP contribution in [0.15, 0.2) is 11.1 Å². The monoisotopic (exact) mass is 428 g/mol. The van der Waals surface area contributed by atoms with Gasteiger partial charge in [-0.2, -0.15) is 0 Å². The van der Waals surface area contributed by atoms with E-state index in [1.54, 1.807) is 13.8 Å². The van der Waals surface area contributed by atoms with E-state index in [9.17, 15) is 19.2 Å². The average molecular weight is 429 g/mol. The number of ketones is 3. The number of carbonyl (C=O) groups excluding carboxylic acids is 4. The molecule has 0 N–H and O–H groups in total. The molecular weight excluding hydrogens is 392 g/mol. The van der Waals surface area contributed by atoms with Gasteiger partial charge in [0.15, 0.2) is 11.6 Å². The Morgan fingerprint density at radius 2 is 1.58 bits per heavy atom. The molecule has 4 aliphatic rings. The molecule has 5 nitrogen and oxygen atoms in total. The van der Waals surface area contributed by atoms with Crippen molar-refractivity contribution in [1.29, 1.82) is 0 Å². The van der Waals surface area contributed by atoms with E-state index >= 15 is 0 Å². The first-order valence-electron chi connectivity index (χ1n) is 11.6. The van der Waals surface area contributed by atoms with Crippen molar-refractivity contribution >= 4 is 23.3 Å². The van der Waals surface area contributed by atoms with Crippen LogP contribution in [0, 0.1) is 38.9 Å². The van der Waals surface area contributed by atoms with Crippen LogP contribution in [-0.2, 0) is 23.9 Å². The second-order valence-electron chi connectivity index (χ2n) is 12.0. The van der Waals surface area contributed by atoms with Crippen molar-refractivity contribution in [3.8, 4) is 0 Å². The summed E-state index contributed by atoms with van der Waals surface area (Å²) in [6, 6.07) is 0. The zero-order chi connectivity index (χ0) is 23.4. The summed E-state index contributed by atoms with van der Waals surface area (Å²) in [5.74, 6) is -0.416. The Morgan fingerprint density at radius 3 is 2.16 bits per heavy atom. The van der Waals surface area contributed by atoms with Crippen molar-refractivity contribution in [3.05, 3.63) is 11.1 Å². The molecule has 3 fully saturated rings. The summed E-state index contributed by atoms with van der Waals surface area (Å²) in [6.07, 6.45) is 3.46. The maximum atomic E-state index is 14.0. The standard InChI is InChI=1S/C26H36O5/c1-14-18(20(29)31-8)19(28)26(7)21(30)24(14,5)13-16-23(4)11-10-17(27)22(2,3)15(23)9-12-25(16,26)6/h15-16H,9-13H2,1-8H3/t15-,16-,23-,24+,25-,26-/m0/s1. The van der Waals surface area contributed by atoms with E-state index in [1.165, 1.54) is 7.11 Å². The first kappa shape index (κ1) is 22.4. The highest BCUT2D eigenvalue weighted by Gasteiger charge is 2.75. The van der Waals surface area contributed by atoms with Gasteiger partial charge in [0.25, 0.3) is 0 Å². The third-order valence-corrected chi connectivity index (χ3v) is 10.8. The first-order chi connectivity index (χ1) is 14.1. The molecule has 2 bridgehead atoms. The summed E-state index contributed by atoms with van der Waals surface area (Å²) in [5.41, 5.74) is -2.65. The van der Waals surface area contributed by atoms with Crippen molar-refractivity contribution in [2.24, 2.45) is 38.9 Å². The number of carbonyl (C=O) groups is 4.